The van der Waals surface area contributed by atoms with Gasteiger partial charge in [-0.1, -0.05) is 54.2 Å². The first-order valence-corrected chi connectivity index (χ1v) is 9.81. The quantitative estimate of drug-likeness (QED) is 0.451. The van der Waals surface area contributed by atoms with Gasteiger partial charge in [0.05, 0.1) is 29.5 Å². The highest BCUT2D eigenvalue weighted by Gasteiger charge is 2.12. The Morgan fingerprint density at radius 2 is 1.79 bits per heavy atom. The normalized spacial score (nSPS) is 11.4. The van der Waals surface area contributed by atoms with E-state index in [1.54, 1.807) is 10.9 Å². The minimum Gasteiger partial charge on any atom is -0.333 e. The van der Waals surface area contributed by atoms with Crippen LogP contribution in [0.25, 0.3) is 22.1 Å². The number of fused-ring (bicyclic) bond motifs is 2. The third-order valence-corrected chi connectivity index (χ3v) is 5.33. The summed E-state index contributed by atoms with van der Waals surface area (Å²) in [5, 5.41) is 5.64. The minimum absolute atomic E-state index is 0.176. The van der Waals surface area contributed by atoms with E-state index >= 15 is 0 Å². The second kappa shape index (κ2) is 6.97. The summed E-state index contributed by atoms with van der Waals surface area (Å²) < 4.78 is 1.76. The molecule has 8 heteroatoms. The Bertz CT molecular complexity index is 1290. The number of benzene rings is 2. The summed E-state index contributed by atoms with van der Waals surface area (Å²) in [7, 11) is 0. The molecule has 0 fully saturated rings. The zero-order valence-corrected chi connectivity index (χ0v) is 15.6. The maximum absolute atomic E-state index is 12.4. The maximum atomic E-state index is 12.4. The molecule has 3 heterocycles. The maximum Gasteiger partial charge on any atom is 0.262 e. The topological polar surface area (TPSA) is 92.2 Å². The Balaban J connectivity index is 1.43. The predicted octanol–water partition coefficient (Wildman–Crippen LogP) is 3.34. The number of nitrogens with one attached hydrogen (secondary N) is 2. The molecule has 28 heavy (non-hydrogen) atoms. The van der Waals surface area contributed by atoms with Gasteiger partial charge in [-0.15, -0.1) is 0 Å². The average Bonchev–Trinajstić information content (AvgIpc) is 3.31. The molecular formula is C20H16N6OS. The molecule has 3 aromatic heterocycles. The number of aromatic nitrogens is 6. The molecule has 0 aliphatic rings. The summed E-state index contributed by atoms with van der Waals surface area (Å²) in [6, 6.07) is 17.9. The average molecular weight is 388 g/mol. The molecule has 0 aliphatic carbocycles. The Labute approximate surface area is 163 Å². The van der Waals surface area contributed by atoms with Gasteiger partial charge in [0, 0.05) is 0 Å². The van der Waals surface area contributed by atoms with Crippen LogP contribution < -0.4 is 5.56 Å². The van der Waals surface area contributed by atoms with E-state index in [1.165, 1.54) is 11.8 Å². The van der Waals surface area contributed by atoms with Crippen molar-refractivity contribution in [1.82, 2.24) is 29.7 Å². The lowest BCUT2D eigenvalue weighted by molar-refractivity contribution is 0.702. The van der Waals surface area contributed by atoms with E-state index in [9.17, 15) is 4.79 Å². The summed E-state index contributed by atoms with van der Waals surface area (Å²) >= 11 is 1.50. The SMILES string of the molecule is O=c1[nH]c(CSc2nc3ccccc3[nH]2)nc2c1cnn2Cc1ccccc1. The minimum atomic E-state index is -0.176. The van der Waals surface area contributed by atoms with Gasteiger partial charge in [-0.05, 0) is 17.7 Å². The molecule has 0 atom stereocenters. The van der Waals surface area contributed by atoms with Gasteiger partial charge in [-0.3, -0.25) is 4.79 Å². The van der Waals surface area contributed by atoms with Crippen LogP contribution in [0.3, 0.4) is 0 Å². The van der Waals surface area contributed by atoms with Crippen molar-refractivity contribution in [3.05, 3.63) is 82.5 Å². The highest BCUT2D eigenvalue weighted by Crippen LogP contribution is 2.22. The van der Waals surface area contributed by atoms with Crippen LogP contribution in [-0.4, -0.2) is 29.7 Å². The van der Waals surface area contributed by atoms with Crippen LogP contribution in [0, 0.1) is 0 Å². The largest absolute Gasteiger partial charge is 0.333 e. The number of rotatable bonds is 5. The lowest BCUT2D eigenvalue weighted by Crippen LogP contribution is -2.12. The molecule has 5 rings (SSSR count). The molecule has 0 amide bonds. The van der Waals surface area contributed by atoms with Crippen molar-refractivity contribution in [3.63, 3.8) is 0 Å². The molecule has 5 aromatic rings. The molecule has 0 spiro atoms. The molecule has 2 aromatic carbocycles. The molecule has 138 valence electrons. The summed E-state index contributed by atoms with van der Waals surface area (Å²) in [6.45, 7) is 0.566. The molecule has 0 saturated carbocycles. The molecule has 0 aliphatic heterocycles. The number of aromatic amines is 2. The van der Waals surface area contributed by atoms with Gasteiger partial charge in [0.2, 0.25) is 0 Å². The van der Waals surface area contributed by atoms with E-state index in [4.69, 9.17) is 0 Å². The van der Waals surface area contributed by atoms with Crippen molar-refractivity contribution >= 4 is 33.8 Å². The van der Waals surface area contributed by atoms with Gasteiger partial charge in [-0.2, -0.15) is 5.10 Å². The molecule has 0 saturated heterocycles. The highest BCUT2D eigenvalue weighted by molar-refractivity contribution is 7.98. The third kappa shape index (κ3) is 3.18. The van der Waals surface area contributed by atoms with Crippen LogP contribution in [0.15, 0.2) is 70.7 Å². The number of H-pyrrole nitrogens is 2. The highest BCUT2D eigenvalue weighted by atomic mass is 32.2. The molecule has 2 N–H and O–H groups in total. The van der Waals surface area contributed by atoms with Crippen molar-refractivity contribution in [1.29, 1.82) is 0 Å². The second-order valence-corrected chi connectivity index (χ2v) is 7.35. The molecule has 0 unspecified atom stereocenters. The van der Waals surface area contributed by atoms with E-state index in [-0.39, 0.29) is 5.56 Å². The standard InChI is InChI=1S/C20H16N6OS/c27-19-14-10-21-26(11-13-6-2-1-3-7-13)18(14)24-17(25-19)12-28-20-22-15-8-4-5-9-16(15)23-20/h1-10H,11-12H2,(H,22,23)(H,24,25,27). The van der Waals surface area contributed by atoms with Gasteiger partial charge in [-0.25, -0.2) is 14.6 Å². The second-order valence-electron chi connectivity index (χ2n) is 6.39. The molecular weight excluding hydrogens is 372 g/mol. The lowest BCUT2D eigenvalue weighted by atomic mass is 10.2. The third-order valence-electron chi connectivity index (χ3n) is 4.44. The molecule has 0 bridgehead atoms. The van der Waals surface area contributed by atoms with Gasteiger partial charge in [0.1, 0.15) is 11.2 Å². The van der Waals surface area contributed by atoms with Crippen molar-refractivity contribution in [2.24, 2.45) is 0 Å². The summed E-state index contributed by atoms with van der Waals surface area (Å²) in [5.41, 5.74) is 3.43. The first kappa shape index (κ1) is 16.8. The smallest absolute Gasteiger partial charge is 0.262 e. The Morgan fingerprint density at radius 1 is 0.964 bits per heavy atom. The van der Waals surface area contributed by atoms with Crippen molar-refractivity contribution in [2.75, 3.05) is 0 Å². The Hall–Kier alpha value is -3.39. The van der Waals surface area contributed by atoms with Crippen molar-refractivity contribution in [3.8, 4) is 0 Å². The van der Waals surface area contributed by atoms with E-state index in [0.717, 1.165) is 21.8 Å². The summed E-state index contributed by atoms with van der Waals surface area (Å²) in [4.78, 5) is 27.7. The van der Waals surface area contributed by atoms with Crippen LogP contribution in [-0.2, 0) is 12.3 Å². The fraction of sp³-hybridized carbons (Fsp3) is 0.100. The number of imidazole rings is 1. The van der Waals surface area contributed by atoms with Gasteiger partial charge in [0.15, 0.2) is 10.8 Å². The van der Waals surface area contributed by atoms with E-state index in [2.05, 4.69) is 25.0 Å². The number of hydrogen-bond donors (Lipinski definition) is 2. The van der Waals surface area contributed by atoms with E-state index in [0.29, 0.717) is 29.2 Å². The van der Waals surface area contributed by atoms with Crippen molar-refractivity contribution in [2.45, 2.75) is 17.5 Å². The van der Waals surface area contributed by atoms with Gasteiger partial charge < -0.3 is 9.97 Å². The Kier molecular flexibility index (Phi) is 4.17. The van der Waals surface area contributed by atoms with Crippen LogP contribution >= 0.6 is 11.8 Å². The van der Waals surface area contributed by atoms with E-state index in [1.807, 2.05) is 54.6 Å². The first-order valence-electron chi connectivity index (χ1n) is 8.82. The van der Waals surface area contributed by atoms with E-state index < -0.39 is 0 Å². The van der Waals surface area contributed by atoms with Crippen LogP contribution in [0.1, 0.15) is 11.4 Å². The van der Waals surface area contributed by atoms with Crippen molar-refractivity contribution < 1.29 is 0 Å². The number of thioether (sulfide) groups is 1. The lowest BCUT2D eigenvalue weighted by Gasteiger charge is -2.04. The number of hydrogen-bond acceptors (Lipinski definition) is 5. The van der Waals surface area contributed by atoms with Crippen LogP contribution in [0.4, 0.5) is 0 Å². The van der Waals surface area contributed by atoms with Crippen LogP contribution in [0.5, 0.6) is 0 Å². The first-order chi connectivity index (χ1) is 13.8. The Morgan fingerprint density at radius 3 is 2.64 bits per heavy atom. The fourth-order valence-corrected chi connectivity index (χ4v) is 3.84. The fourth-order valence-electron chi connectivity index (χ4n) is 3.09. The van der Waals surface area contributed by atoms with Gasteiger partial charge in [0.25, 0.3) is 5.56 Å². The summed E-state index contributed by atoms with van der Waals surface area (Å²) in [6.07, 6.45) is 1.57. The van der Waals surface area contributed by atoms with Crippen LogP contribution in [0.2, 0.25) is 0 Å². The monoisotopic (exact) mass is 388 g/mol. The zero-order chi connectivity index (χ0) is 18.9. The molecule has 0 radical (unpaired) electrons. The number of para-hydroxylation sites is 2. The molecule has 7 nitrogen and oxygen atoms in total. The number of nitrogens with zero attached hydrogens (tertiary/aromatic N) is 4. The summed E-state index contributed by atoms with van der Waals surface area (Å²) in [5.74, 6) is 1.10. The predicted molar refractivity (Wildman–Crippen MR) is 109 cm³/mol. The zero-order valence-electron chi connectivity index (χ0n) is 14.8. The van der Waals surface area contributed by atoms with Gasteiger partial charge >= 0.3 is 0 Å².